The van der Waals surface area contributed by atoms with Crippen molar-refractivity contribution in [2.75, 3.05) is 19.8 Å². The van der Waals surface area contributed by atoms with Crippen molar-refractivity contribution in [1.29, 1.82) is 0 Å². The summed E-state index contributed by atoms with van der Waals surface area (Å²) in [6, 6.07) is 2.47. The molecule has 2 atom stereocenters. The summed E-state index contributed by atoms with van der Waals surface area (Å²) in [6.07, 6.45) is 6.27. The molecule has 1 aliphatic heterocycles. The zero-order valence-corrected chi connectivity index (χ0v) is 10.8. The van der Waals surface area contributed by atoms with Gasteiger partial charge in [-0.05, 0) is 43.5 Å². The number of pyridine rings is 1. The van der Waals surface area contributed by atoms with Gasteiger partial charge in [-0.3, -0.25) is 4.98 Å². The smallest absolute Gasteiger partial charge is 0.0512 e. The molecule has 0 bridgehead atoms. The lowest BCUT2D eigenvalue weighted by Crippen LogP contribution is -2.33. The first kappa shape index (κ1) is 12.5. The number of nitrogens with one attached hydrogen (secondary N) is 1. The molecule has 0 aliphatic carbocycles. The van der Waals surface area contributed by atoms with E-state index >= 15 is 0 Å². The number of rotatable bonds is 4. The van der Waals surface area contributed by atoms with Gasteiger partial charge in [-0.25, -0.2) is 0 Å². The molecule has 2 heterocycles. The highest BCUT2D eigenvalue weighted by Crippen LogP contribution is 2.29. The van der Waals surface area contributed by atoms with Crippen LogP contribution < -0.4 is 5.32 Å². The Bertz CT molecular complexity index is 348. The van der Waals surface area contributed by atoms with Crippen LogP contribution in [0, 0.1) is 12.8 Å². The molecular weight excluding hydrogens is 212 g/mol. The summed E-state index contributed by atoms with van der Waals surface area (Å²) in [7, 11) is 0. The van der Waals surface area contributed by atoms with E-state index < -0.39 is 0 Å². The molecule has 1 saturated heterocycles. The Morgan fingerprint density at radius 3 is 3.12 bits per heavy atom. The van der Waals surface area contributed by atoms with E-state index in [0.717, 1.165) is 19.8 Å². The zero-order chi connectivity index (χ0) is 12.1. The van der Waals surface area contributed by atoms with Crippen molar-refractivity contribution in [2.45, 2.75) is 32.7 Å². The van der Waals surface area contributed by atoms with E-state index in [1.807, 2.05) is 12.4 Å². The second kappa shape index (κ2) is 6.12. The normalized spacial score (nSPS) is 22.4. The lowest BCUT2D eigenvalue weighted by atomic mass is 9.87. The molecule has 1 fully saturated rings. The molecule has 94 valence electrons. The molecule has 3 nitrogen and oxygen atoms in total. The fourth-order valence-corrected chi connectivity index (χ4v) is 2.58. The van der Waals surface area contributed by atoms with E-state index in [0.29, 0.717) is 12.0 Å². The third-order valence-corrected chi connectivity index (χ3v) is 3.51. The van der Waals surface area contributed by atoms with Gasteiger partial charge in [0.25, 0.3) is 0 Å². The average Bonchev–Trinajstić information content (AvgIpc) is 2.38. The number of hydrogen-bond acceptors (Lipinski definition) is 3. The van der Waals surface area contributed by atoms with Crippen molar-refractivity contribution in [3.05, 3.63) is 29.6 Å². The summed E-state index contributed by atoms with van der Waals surface area (Å²) in [5.41, 5.74) is 2.64. The highest BCUT2D eigenvalue weighted by molar-refractivity contribution is 5.25. The molecule has 1 N–H and O–H groups in total. The molecular formula is C14H22N2O. The summed E-state index contributed by atoms with van der Waals surface area (Å²) >= 11 is 0. The minimum Gasteiger partial charge on any atom is -0.381 e. The summed E-state index contributed by atoms with van der Waals surface area (Å²) in [6.45, 7) is 7.08. The molecule has 1 aromatic heterocycles. The summed E-state index contributed by atoms with van der Waals surface area (Å²) in [5, 5.41) is 3.59. The van der Waals surface area contributed by atoms with Gasteiger partial charge < -0.3 is 10.1 Å². The van der Waals surface area contributed by atoms with E-state index in [2.05, 4.69) is 30.2 Å². The summed E-state index contributed by atoms with van der Waals surface area (Å²) in [4.78, 5) is 4.26. The molecule has 3 heteroatoms. The first-order valence-electron chi connectivity index (χ1n) is 6.54. The van der Waals surface area contributed by atoms with Crippen LogP contribution >= 0.6 is 0 Å². The third-order valence-electron chi connectivity index (χ3n) is 3.51. The van der Waals surface area contributed by atoms with Gasteiger partial charge in [0.15, 0.2) is 0 Å². The fraction of sp³-hybridized carbons (Fsp3) is 0.643. The Balaban J connectivity index is 2.18. The maximum atomic E-state index is 5.61. The predicted molar refractivity (Wildman–Crippen MR) is 68.9 cm³/mol. The van der Waals surface area contributed by atoms with Crippen molar-refractivity contribution in [3.8, 4) is 0 Å². The molecule has 0 saturated carbocycles. The van der Waals surface area contributed by atoms with E-state index in [-0.39, 0.29) is 0 Å². The van der Waals surface area contributed by atoms with Crippen LogP contribution in [0.5, 0.6) is 0 Å². The Labute approximate surface area is 104 Å². The molecule has 2 unspecified atom stereocenters. The summed E-state index contributed by atoms with van der Waals surface area (Å²) < 4.78 is 5.61. The van der Waals surface area contributed by atoms with Gasteiger partial charge in [-0.1, -0.05) is 6.92 Å². The topological polar surface area (TPSA) is 34.2 Å². The maximum Gasteiger partial charge on any atom is 0.0512 e. The van der Waals surface area contributed by atoms with Crippen LogP contribution in [-0.4, -0.2) is 24.7 Å². The van der Waals surface area contributed by atoms with Gasteiger partial charge in [0, 0.05) is 31.0 Å². The summed E-state index contributed by atoms with van der Waals surface area (Å²) in [5.74, 6) is 0.576. The van der Waals surface area contributed by atoms with E-state index in [9.17, 15) is 0 Å². The largest absolute Gasteiger partial charge is 0.381 e. The average molecular weight is 234 g/mol. The Morgan fingerprint density at radius 1 is 1.59 bits per heavy atom. The van der Waals surface area contributed by atoms with Gasteiger partial charge in [0.2, 0.25) is 0 Å². The fourth-order valence-electron chi connectivity index (χ4n) is 2.58. The van der Waals surface area contributed by atoms with Crippen LogP contribution in [0.4, 0.5) is 0 Å². The SMILES string of the molecule is CCNC(c1cnccc1C)C1CCCOC1. The van der Waals surface area contributed by atoms with Gasteiger partial charge >= 0.3 is 0 Å². The Morgan fingerprint density at radius 2 is 2.47 bits per heavy atom. The monoisotopic (exact) mass is 234 g/mol. The highest BCUT2D eigenvalue weighted by Gasteiger charge is 2.25. The van der Waals surface area contributed by atoms with Crippen LogP contribution in [0.2, 0.25) is 0 Å². The molecule has 0 radical (unpaired) electrons. The van der Waals surface area contributed by atoms with Crippen LogP contribution in [-0.2, 0) is 4.74 Å². The molecule has 0 spiro atoms. The number of ether oxygens (including phenoxy) is 1. The van der Waals surface area contributed by atoms with Gasteiger partial charge in [-0.2, -0.15) is 0 Å². The van der Waals surface area contributed by atoms with E-state index in [1.165, 1.54) is 24.0 Å². The van der Waals surface area contributed by atoms with Crippen molar-refractivity contribution >= 4 is 0 Å². The molecule has 17 heavy (non-hydrogen) atoms. The quantitative estimate of drug-likeness (QED) is 0.869. The second-order valence-electron chi connectivity index (χ2n) is 4.74. The first-order valence-corrected chi connectivity index (χ1v) is 6.54. The minimum atomic E-state index is 0.383. The molecule has 1 aromatic rings. The number of hydrogen-bond donors (Lipinski definition) is 1. The number of aryl methyl sites for hydroxylation is 1. The minimum absolute atomic E-state index is 0.383. The van der Waals surface area contributed by atoms with Crippen LogP contribution in [0.25, 0.3) is 0 Å². The highest BCUT2D eigenvalue weighted by atomic mass is 16.5. The van der Waals surface area contributed by atoms with Gasteiger partial charge in [0.05, 0.1) is 6.61 Å². The molecule has 1 aliphatic rings. The first-order chi connectivity index (χ1) is 8.33. The lowest BCUT2D eigenvalue weighted by molar-refractivity contribution is 0.0391. The standard InChI is InChI=1S/C14H22N2O/c1-3-16-14(12-5-4-8-17-10-12)13-9-15-7-6-11(13)2/h6-7,9,12,14,16H,3-5,8,10H2,1-2H3. The van der Waals surface area contributed by atoms with Crippen LogP contribution in [0.3, 0.4) is 0 Å². The predicted octanol–water partition coefficient (Wildman–Crippen LogP) is 2.47. The third kappa shape index (κ3) is 3.05. The van der Waals surface area contributed by atoms with E-state index in [4.69, 9.17) is 4.74 Å². The van der Waals surface area contributed by atoms with Gasteiger partial charge in [0.1, 0.15) is 0 Å². The van der Waals surface area contributed by atoms with Crippen molar-refractivity contribution in [2.24, 2.45) is 5.92 Å². The van der Waals surface area contributed by atoms with Crippen molar-refractivity contribution in [1.82, 2.24) is 10.3 Å². The maximum absolute atomic E-state index is 5.61. The van der Waals surface area contributed by atoms with Crippen LogP contribution in [0.1, 0.15) is 36.9 Å². The molecule has 0 aromatic carbocycles. The Kier molecular flexibility index (Phi) is 4.51. The molecule has 0 amide bonds. The van der Waals surface area contributed by atoms with Crippen molar-refractivity contribution < 1.29 is 4.74 Å². The van der Waals surface area contributed by atoms with Crippen molar-refractivity contribution in [3.63, 3.8) is 0 Å². The number of nitrogens with zero attached hydrogens (tertiary/aromatic N) is 1. The lowest BCUT2D eigenvalue weighted by Gasteiger charge is -2.31. The number of aromatic nitrogens is 1. The molecule has 2 rings (SSSR count). The van der Waals surface area contributed by atoms with Crippen LogP contribution in [0.15, 0.2) is 18.5 Å². The second-order valence-corrected chi connectivity index (χ2v) is 4.74. The Hall–Kier alpha value is -0.930. The van der Waals surface area contributed by atoms with E-state index in [1.54, 1.807) is 0 Å². The van der Waals surface area contributed by atoms with Gasteiger partial charge in [-0.15, -0.1) is 0 Å². The zero-order valence-electron chi connectivity index (χ0n) is 10.8.